The number of aromatic nitrogens is 2. The number of rotatable bonds is 21. The number of carbonyl (C=O) groups is 3. The van der Waals surface area contributed by atoms with Crippen molar-refractivity contribution in [2.24, 2.45) is 17.8 Å². The number of ether oxygens (including phenoxy) is 3. The maximum atomic E-state index is 14.2. The molecule has 21 nitrogen and oxygen atoms in total. The summed E-state index contributed by atoms with van der Waals surface area (Å²) in [6.45, 7) is 3.71. The van der Waals surface area contributed by atoms with Gasteiger partial charge >= 0.3 is 33.3 Å². The van der Waals surface area contributed by atoms with Crippen molar-refractivity contribution in [2.45, 2.75) is 192 Å². The van der Waals surface area contributed by atoms with Gasteiger partial charge in [0.15, 0.2) is 6.10 Å². The molecule has 3 rings (SSSR count). The van der Waals surface area contributed by atoms with Crippen LogP contribution in [0.4, 0.5) is 5.82 Å². The Labute approximate surface area is 411 Å². The summed E-state index contributed by atoms with van der Waals surface area (Å²) in [6, 6.07) is 1.21. The molecule has 0 aromatic carbocycles. The Kier molecular flexibility index (Phi) is 28.0. The lowest BCUT2D eigenvalue weighted by Gasteiger charge is -2.38. The van der Waals surface area contributed by atoms with Crippen molar-refractivity contribution >= 4 is 39.2 Å². The second-order valence-electron chi connectivity index (χ2n) is 18.3. The van der Waals surface area contributed by atoms with Gasteiger partial charge in [0, 0.05) is 31.4 Å². The van der Waals surface area contributed by atoms with Gasteiger partial charge in [0.25, 0.3) is 0 Å². The van der Waals surface area contributed by atoms with Crippen LogP contribution >= 0.6 is 15.6 Å². The monoisotopic (exact) mass is 1040 g/mol. The second-order valence-corrected chi connectivity index (χ2v) is 21.4. The molecule has 3 unspecified atom stereocenters. The van der Waals surface area contributed by atoms with E-state index in [0.29, 0.717) is 19.3 Å². The number of nitrogen functional groups attached to an aromatic ring is 1. The topological polar surface area (TPSA) is 323 Å². The van der Waals surface area contributed by atoms with Crippen molar-refractivity contribution in [3.8, 4) is 0 Å². The number of unbranched alkanes of at least 4 members (excludes halogenated alkanes) is 9. The number of allylic oxidation sites excluding steroid dienone is 2. The third kappa shape index (κ3) is 23.1. The first-order valence-electron chi connectivity index (χ1n) is 24.8. The van der Waals surface area contributed by atoms with Gasteiger partial charge in [-0.1, -0.05) is 122 Å². The molecule has 3 heterocycles. The molecule has 0 amide bonds. The summed E-state index contributed by atoms with van der Waals surface area (Å²) < 4.78 is 58.7. The fraction of sp³-hybridized carbons (Fsp3) is 0.766. The van der Waals surface area contributed by atoms with Crippen molar-refractivity contribution in [3.63, 3.8) is 0 Å². The number of anilines is 1. The predicted molar refractivity (Wildman–Crippen MR) is 257 cm³/mol. The van der Waals surface area contributed by atoms with Crippen LogP contribution in [-0.2, 0) is 51.1 Å². The lowest BCUT2D eigenvalue weighted by atomic mass is 9.83. The number of Topliss-reactive ketones (excluding diaryl/α,β-unsaturated/α-hetero) is 1. The van der Waals surface area contributed by atoms with Crippen molar-refractivity contribution < 1.29 is 81.3 Å². The van der Waals surface area contributed by atoms with Crippen molar-refractivity contribution in [3.05, 3.63) is 47.1 Å². The van der Waals surface area contributed by atoms with E-state index in [9.17, 15) is 58.5 Å². The molecule has 1 fully saturated rings. The maximum Gasteiger partial charge on any atom is 0.481 e. The number of ketones is 1. The minimum Gasteiger partial charge on any atom is -0.462 e. The Balaban J connectivity index is 1.85. The molecule has 1 aromatic heterocycles. The molecule has 0 saturated carbocycles. The van der Waals surface area contributed by atoms with E-state index in [1.165, 1.54) is 50.3 Å². The smallest absolute Gasteiger partial charge is 0.462 e. The van der Waals surface area contributed by atoms with E-state index < -0.39 is 120 Å². The third-order valence-electron chi connectivity index (χ3n) is 12.4. The number of hydrogen-bond acceptors (Lipinski definition) is 18. The lowest BCUT2D eigenvalue weighted by Crippen LogP contribution is -2.51. The van der Waals surface area contributed by atoms with Crippen LogP contribution in [0.3, 0.4) is 0 Å². The molecule has 2 bridgehead atoms. The fourth-order valence-electron chi connectivity index (χ4n) is 8.04. The lowest BCUT2D eigenvalue weighted by molar-refractivity contribution is -0.183. The summed E-state index contributed by atoms with van der Waals surface area (Å²) in [6.07, 6.45) is 7.62. The van der Waals surface area contributed by atoms with E-state index in [1.807, 2.05) is 6.92 Å². The number of aliphatic hydroxyl groups excluding tert-OH is 4. The highest BCUT2D eigenvalue weighted by Crippen LogP contribution is 2.60. The van der Waals surface area contributed by atoms with E-state index >= 15 is 0 Å². The van der Waals surface area contributed by atoms with Crippen LogP contribution in [0.1, 0.15) is 155 Å². The largest absolute Gasteiger partial charge is 0.481 e. The van der Waals surface area contributed by atoms with Crippen molar-refractivity contribution in [1.82, 2.24) is 9.55 Å². The number of hydrogen-bond donors (Lipinski definition) is 7. The third-order valence-corrected chi connectivity index (χ3v) is 15.0. The highest BCUT2D eigenvalue weighted by Gasteiger charge is 2.45. The average Bonchev–Trinajstić information content (AvgIpc) is 3.29. The average molecular weight is 1040 g/mol. The quantitative estimate of drug-likeness (QED) is 0.0308. The van der Waals surface area contributed by atoms with E-state index in [-0.39, 0.29) is 37.9 Å². The summed E-state index contributed by atoms with van der Waals surface area (Å²) in [5.74, 6) is -4.37. The molecule has 2 aliphatic heterocycles. The van der Waals surface area contributed by atoms with Crippen LogP contribution in [-0.4, -0.2) is 114 Å². The molecule has 0 aliphatic carbocycles. The fourth-order valence-corrected chi connectivity index (χ4v) is 10.1. The van der Waals surface area contributed by atoms with Gasteiger partial charge in [-0.2, -0.15) is 9.29 Å². The number of cyclic esters (lactones) is 1. The Morgan fingerprint density at radius 2 is 1.59 bits per heavy atom. The number of aliphatic hydroxyl groups is 4. The molecule has 8 N–H and O–H groups in total. The van der Waals surface area contributed by atoms with Crippen LogP contribution in [0.5, 0.6) is 0 Å². The number of esters is 2. The SMILES string of the molecule is CCCCC[C@H](O)C=C[C@@H]1[C@H](O)[C@H](O)[C@H]2COP(=O)(O)OP(=O)(O)OC[C@@H](COC(=O)CCCCCCCCCCC(C)CC)OC(=O)CCCC=CC[C@@H](C(=O)C[C@H]1O)[C@H](n1ccc(N)nc1=O)O2. The minimum atomic E-state index is -5.72. The molecule has 12 atom stereocenters. The molecule has 1 aromatic rings. The predicted octanol–water partition coefficient (Wildman–Crippen LogP) is 6.28. The van der Waals surface area contributed by atoms with Gasteiger partial charge in [0.05, 0.1) is 37.4 Å². The summed E-state index contributed by atoms with van der Waals surface area (Å²) in [5.41, 5.74) is 4.71. The molecular formula is C47H79N3O18P2. The summed E-state index contributed by atoms with van der Waals surface area (Å²) >= 11 is 0. The molecule has 2 aliphatic rings. The standard InChI is InChI=1S/C47H79N3O18P2/c1-4-6-15-21-34(51)25-26-36-38(52)29-39(53)37-22-17-13-14-19-24-43(55)66-35(30-63-42(54)23-18-12-10-8-7-9-11-16-20-33(3)5-2)31-64-69(59,60)68-70(61,62)65-32-40(45(57)44(36)56)67-46(37)50-28-27-41(48)49-47(50)58/h13,17,25-28,33-38,40,44-46,51-52,56-57H,4-12,14-16,18-24,29-32H2,1-3H3,(H,59,60)(H,61,62)(H2,48,49,58)/t33?,34-,35+,36-,37-,38+,40+,44-,45+,46+/m0/s1. The number of carbonyl (C=O) groups excluding carboxylic acids is 3. The van der Waals surface area contributed by atoms with E-state index in [0.717, 1.165) is 55.2 Å². The first-order valence-corrected chi connectivity index (χ1v) is 27.8. The summed E-state index contributed by atoms with van der Waals surface area (Å²) in [7, 11) is -11.3. The molecule has 1 saturated heterocycles. The molecular weight excluding hydrogens is 956 g/mol. The molecule has 400 valence electrons. The maximum absolute atomic E-state index is 14.2. The van der Waals surface area contributed by atoms with Gasteiger partial charge < -0.3 is 50.2 Å². The Bertz CT molecular complexity index is 1950. The second kappa shape index (κ2) is 32.1. The van der Waals surface area contributed by atoms with Gasteiger partial charge in [-0.05, 0) is 44.1 Å². The van der Waals surface area contributed by atoms with Crippen LogP contribution in [0.2, 0.25) is 0 Å². The zero-order valence-corrected chi connectivity index (χ0v) is 42.7. The number of phosphoric acid groups is 2. The first kappa shape index (κ1) is 61.1. The van der Waals surface area contributed by atoms with Gasteiger partial charge in [-0.25, -0.2) is 13.9 Å². The van der Waals surface area contributed by atoms with Gasteiger partial charge in [0.1, 0.15) is 36.6 Å². The zero-order chi connectivity index (χ0) is 51.7. The molecule has 0 radical (unpaired) electrons. The van der Waals surface area contributed by atoms with E-state index in [2.05, 4.69) is 23.1 Å². The van der Waals surface area contributed by atoms with Crippen molar-refractivity contribution in [1.29, 1.82) is 0 Å². The van der Waals surface area contributed by atoms with Crippen molar-refractivity contribution in [2.75, 3.05) is 25.6 Å². The zero-order valence-electron chi connectivity index (χ0n) is 40.9. The number of fused-ring (bicyclic) bond motifs is 3. The number of nitrogens with two attached hydrogens (primary N) is 1. The van der Waals surface area contributed by atoms with Crippen LogP contribution in [0.15, 0.2) is 41.4 Å². The highest BCUT2D eigenvalue weighted by atomic mass is 31.3. The van der Waals surface area contributed by atoms with Crippen LogP contribution < -0.4 is 11.4 Å². The van der Waals surface area contributed by atoms with Gasteiger partial charge in [0.2, 0.25) is 0 Å². The Morgan fingerprint density at radius 3 is 2.26 bits per heavy atom. The van der Waals surface area contributed by atoms with E-state index in [1.54, 1.807) is 12.2 Å². The highest BCUT2D eigenvalue weighted by molar-refractivity contribution is 7.61. The Morgan fingerprint density at radius 1 is 0.929 bits per heavy atom. The van der Waals surface area contributed by atoms with E-state index in [4.69, 9.17) is 29.0 Å². The first-order chi connectivity index (χ1) is 33.3. The summed E-state index contributed by atoms with van der Waals surface area (Å²) in [5, 5.41) is 45.4. The number of nitrogens with zero attached hydrogens (tertiary/aromatic N) is 2. The van der Waals surface area contributed by atoms with Crippen LogP contribution in [0.25, 0.3) is 0 Å². The minimum absolute atomic E-state index is 0.0762. The van der Waals surface area contributed by atoms with Gasteiger partial charge in [-0.3, -0.25) is 28.0 Å². The summed E-state index contributed by atoms with van der Waals surface area (Å²) in [4.78, 5) is 78.1. The normalized spacial score (nSPS) is 30.1. The van der Waals surface area contributed by atoms with Gasteiger partial charge in [-0.15, -0.1) is 0 Å². The molecule has 70 heavy (non-hydrogen) atoms. The van der Waals surface area contributed by atoms with Crippen LogP contribution in [0, 0.1) is 17.8 Å². The molecule has 23 heteroatoms. The molecule has 0 spiro atoms. The Hall–Kier alpha value is -3.17. The number of phosphoric ester groups is 2.